The van der Waals surface area contributed by atoms with Gasteiger partial charge < -0.3 is 10.4 Å². The summed E-state index contributed by atoms with van der Waals surface area (Å²) in [5, 5.41) is 12.9. The second-order valence-corrected chi connectivity index (χ2v) is 5.42. The minimum atomic E-state index is -0.231. The van der Waals surface area contributed by atoms with Gasteiger partial charge in [-0.05, 0) is 44.6 Å². The van der Waals surface area contributed by atoms with Gasteiger partial charge in [0.05, 0.1) is 12.6 Å². The molecule has 2 aliphatic rings. The highest BCUT2D eigenvalue weighted by atomic mass is 16.3. The number of rotatable bonds is 4. The molecule has 1 saturated heterocycles. The quantitative estimate of drug-likeness (QED) is 0.762. The number of aliphatic hydroxyl groups is 1. The van der Waals surface area contributed by atoms with Gasteiger partial charge in [-0.1, -0.05) is 6.92 Å². The molecule has 0 aromatic rings. The SMILES string of the molecule is CCCNC(=O)CN1CCC2CCC(O)C1C2. The number of amides is 1. The third-order valence-corrected chi connectivity index (χ3v) is 4.10. The fourth-order valence-electron chi connectivity index (χ4n) is 3.09. The molecule has 0 aromatic carbocycles. The van der Waals surface area contributed by atoms with Gasteiger partial charge in [0, 0.05) is 12.6 Å². The first-order valence-electron chi connectivity index (χ1n) is 6.89. The second-order valence-electron chi connectivity index (χ2n) is 5.42. The lowest BCUT2D eigenvalue weighted by atomic mass is 9.78. The van der Waals surface area contributed by atoms with Crippen molar-refractivity contribution in [1.82, 2.24) is 10.2 Å². The first-order valence-corrected chi connectivity index (χ1v) is 6.89. The fraction of sp³-hybridized carbons (Fsp3) is 0.923. The van der Waals surface area contributed by atoms with E-state index in [-0.39, 0.29) is 18.1 Å². The highest BCUT2D eigenvalue weighted by Crippen LogP contribution is 2.34. The average molecular weight is 240 g/mol. The van der Waals surface area contributed by atoms with Gasteiger partial charge in [0.25, 0.3) is 0 Å². The number of nitrogens with one attached hydrogen (secondary N) is 1. The topological polar surface area (TPSA) is 52.6 Å². The van der Waals surface area contributed by atoms with Crippen LogP contribution in [0.5, 0.6) is 0 Å². The van der Waals surface area contributed by atoms with Gasteiger partial charge in [-0.2, -0.15) is 0 Å². The third kappa shape index (κ3) is 3.19. The summed E-state index contributed by atoms with van der Waals surface area (Å²) in [5.74, 6) is 0.876. The molecule has 0 radical (unpaired) electrons. The number of hydrogen-bond acceptors (Lipinski definition) is 3. The van der Waals surface area contributed by atoms with Crippen molar-refractivity contribution in [1.29, 1.82) is 0 Å². The minimum absolute atomic E-state index is 0.100. The van der Waals surface area contributed by atoms with Gasteiger partial charge in [-0.3, -0.25) is 9.69 Å². The van der Waals surface area contributed by atoms with E-state index in [1.807, 2.05) is 0 Å². The molecule has 2 N–H and O–H groups in total. The Labute approximate surface area is 103 Å². The van der Waals surface area contributed by atoms with E-state index in [1.54, 1.807) is 0 Å². The van der Waals surface area contributed by atoms with E-state index in [4.69, 9.17) is 0 Å². The van der Waals surface area contributed by atoms with E-state index in [0.717, 1.165) is 44.7 Å². The zero-order valence-corrected chi connectivity index (χ0v) is 10.7. The van der Waals surface area contributed by atoms with E-state index in [9.17, 15) is 9.90 Å². The molecule has 1 saturated carbocycles. The van der Waals surface area contributed by atoms with Crippen LogP contribution in [0.15, 0.2) is 0 Å². The van der Waals surface area contributed by atoms with E-state index >= 15 is 0 Å². The summed E-state index contributed by atoms with van der Waals surface area (Å²) in [5.41, 5.74) is 0. The molecule has 17 heavy (non-hydrogen) atoms. The smallest absolute Gasteiger partial charge is 0.234 e. The number of hydrogen-bond donors (Lipinski definition) is 2. The maximum atomic E-state index is 11.7. The van der Waals surface area contributed by atoms with Crippen molar-refractivity contribution in [2.75, 3.05) is 19.6 Å². The van der Waals surface area contributed by atoms with Crippen molar-refractivity contribution in [3.63, 3.8) is 0 Å². The van der Waals surface area contributed by atoms with Crippen molar-refractivity contribution in [3.05, 3.63) is 0 Å². The summed E-state index contributed by atoms with van der Waals surface area (Å²) >= 11 is 0. The average Bonchev–Trinajstić information content (AvgIpc) is 2.34. The number of piperidine rings is 1. The second kappa shape index (κ2) is 5.83. The molecule has 1 amide bonds. The van der Waals surface area contributed by atoms with Gasteiger partial charge in [0.1, 0.15) is 0 Å². The van der Waals surface area contributed by atoms with Crippen molar-refractivity contribution in [3.8, 4) is 0 Å². The normalized spacial score (nSPS) is 33.4. The largest absolute Gasteiger partial charge is 0.391 e. The van der Waals surface area contributed by atoms with E-state index in [0.29, 0.717) is 6.54 Å². The van der Waals surface area contributed by atoms with E-state index in [2.05, 4.69) is 17.1 Å². The highest BCUT2D eigenvalue weighted by Gasteiger charge is 2.37. The molecular weight excluding hydrogens is 216 g/mol. The molecule has 3 unspecified atom stereocenters. The molecule has 0 aromatic heterocycles. The Morgan fingerprint density at radius 1 is 1.41 bits per heavy atom. The number of aliphatic hydroxyl groups excluding tert-OH is 1. The van der Waals surface area contributed by atoms with Crippen LogP contribution in [0, 0.1) is 5.92 Å². The molecule has 4 nitrogen and oxygen atoms in total. The fourth-order valence-corrected chi connectivity index (χ4v) is 3.09. The first-order chi connectivity index (χ1) is 8.20. The Bertz CT molecular complexity index is 270. The number of nitrogens with zero attached hydrogens (tertiary/aromatic N) is 1. The Morgan fingerprint density at radius 3 is 3.00 bits per heavy atom. The molecule has 3 atom stereocenters. The number of carbonyl (C=O) groups excluding carboxylic acids is 1. The van der Waals surface area contributed by atoms with Crippen LogP contribution in [0.2, 0.25) is 0 Å². The molecule has 4 heteroatoms. The summed E-state index contributed by atoms with van der Waals surface area (Å²) in [7, 11) is 0. The maximum Gasteiger partial charge on any atom is 0.234 e. The van der Waals surface area contributed by atoms with Crippen molar-refractivity contribution in [2.45, 2.75) is 51.2 Å². The van der Waals surface area contributed by atoms with Crippen molar-refractivity contribution >= 4 is 5.91 Å². The van der Waals surface area contributed by atoms with E-state index in [1.165, 1.54) is 6.42 Å². The van der Waals surface area contributed by atoms with Gasteiger partial charge in [-0.25, -0.2) is 0 Å². The Kier molecular flexibility index (Phi) is 4.40. The zero-order chi connectivity index (χ0) is 12.3. The van der Waals surface area contributed by atoms with Crippen LogP contribution in [0.3, 0.4) is 0 Å². The van der Waals surface area contributed by atoms with Crippen LogP contribution in [0.25, 0.3) is 0 Å². The van der Waals surface area contributed by atoms with E-state index < -0.39 is 0 Å². The Balaban J connectivity index is 1.85. The molecule has 2 bridgehead atoms. The monoisotopic (exact) mass is 240 g/mol. The van der Waals surface area contributed by atoms with Crippen LogP contribution in [0.4, 0.5) is 0 Å². The molecule has 1 aliphatic heterocycles. The lowest BCUT2D eigenvalue weighted by molar-refractivity contribution is -0.125. The standard InChI is InChI=1S/C13H24N2O2/c1-2-6-14-13(17)9-15-7-5-10-3-4-12(16)11(15)8-10/h10-12,16H,2-9H2,1H3,(H,14,17). The summed E-state index contributed by atoms with van der Waals surface area (Å²) in [6.07, 6.45) is 5.06. The van der Waals surface area contributed by atoms with Gasteiger partial charge in [0.2, 0.25) is 5.91 Å². The number of likely N-dealkylation sites (tertiary alicyclic amines) is 1. The van der Waals surface area contributed by atoms with Crippen LogP contribution < -0.4 is 5.32 Å². The first kappa shape index (κ1) is 12.8. The third-order valence-electron chi connectivity index (χ3n) is 4.10. The van der Waals surface area contributed by atoms with Crippen LogP contribution in [0.1, 0.15) is 39.0 Å². The summed E-state index contributed by atoms with van der Waals surface area (Å²) in [6, 6.07) is 0.217. The van der Waals surface area contributed by atoms with Crippen molar-refractivity contribution < 1.29 is 9.90 Å². The molecule has 98 valence electrons. The summed E-state index contributed by atoms with van der Waals surface area (Å²) in [4.78, 5) is 13.9. The lowest BCUT2D eigenvalue weighted by Crippen LogP contribution is -2.54. The molecule has 2 fully saturated rings. The molecule has 1 heterocycles. The van der Waals surface area contributed by atoms with Gasteiger partial charge in [0.15, 0.2) is 0 Å². The summed E-state index contributed by atoms with van der Waals surface area (Å²) < 4.78 is 0. The van der Waals surface area contributed by atoms with Gasteiger partial charge >= 0.3 is 0 Å². The Hall–Kier alpha value is -0.610. The number of fused-ring (bicyclic) bond motifs is 2. The highest BCUT2D eigenvalue weighted by molar-refractivity contribution is 5.78. The van der Waals surface area contributed by atoms with Crippen LogP contribution in [-0.2, 0) is 4.79 Å². The maximum absolute atomic E-state index is 11.7. The molecule has 0 spiro atoms. The predicted molar refractivity (Wildman–Crippen MR) is 66.6 cm³/mol. The molecule has 1 aliphatic carbocycles. The lowest BCUT2D eigenvalue weighted by Gasteiger charge is -2.45. The minimum Gasteiger partial charge on any atom is -0.391 e. The number of carbonyl (C=O) groups is 1. The summed E-state index contributed by atoms with van der Waals surface area (Å²) in [6.45, 7) is 4.22. The molecular formula is C13H24N2O2. The van der Waals surface area contributed by atoms with Crippen LogP contribution in [-0.4, -0.2) is 47.7 Å². The Morgan fingerprint density at radius 2 is 2.24 bits per heavy atom. The van der Waals surface area contributed by atoms with Crippen molar-refractivity contribution in [2.24, 2.45) is 5.92 Å². The van der Waals surface area contributed by atoms with Crippen LogP contribution >= 0.6 is 0 Å². The predicted octanol–water partition coefficient (Wildman–Crippen LogP) is 0.748. The zero-order valence-electron chi connectivity index (χ0n) is 10.7. The van der Waals surface area contributed by atoms with Gasteiger partial charge in [-0.15, -0.1) is 0 Å². The molecule has 2 rings (SSSR count).